The second kappa shape index (κ2) is 10.4. The van der Waals surface area contributed by atoms with E-state index in [9.17, 15) is 5.26 Å². The molecule has 0 unspecified atom stereocenters. The number of benzene rings is 9. The summed E-state index contributed by atoms with van der Waals surface area (Å²) in [4.78, 5) is 0. The Kier molecular flexibility index (Phi) is 5.95. The van der Waals surface area contributed by atoms with Crippen LogP contribution in [-0.2, 0) is 0 Å². The van der Waals surface area contributed by atoms with Crippen LogP contribution in [-0.4, -0.2) is 0 Å². The van der Waals surface area contributed by atoms with Gasteiger partial charge in [0.25, 0.3) is 0 Å². The highest BCUT2D eigenvalue weighted by atomic mass is 14.3. The predicted molar refractivity (Wildman–Crippen MR) is 195 cm³/mol. The number of nitrogens with zero attached hydrogens (tertiary/aromatic N) is 1. The molecule has 9 aromatic rings. The van der Waals surface area contributed by atoms with Crippen molar-refractivity contribution in [2.75, 3.05) is 0 Å². The van der Waals surface area contributed by atoms with Crippen molar-refractivity contribution in [3.05, 3.63) is 169 Å². The van der Waals surface area contributed by atoms with Crippen molar-refractivity contribution in [2.24, 2.45) is 0 Å². The summed E-state index contributed by atoms with van der Waals surface area (Å²) in [5.41, 5.74) is 7.16. The number of rotatable bonds is 3. The minimum absolute atomic E-state index is 0.674. The zero-order valence-electron chi connectivity index (χ0n) is 25.0. The highest BCUT2D eigenvalue weighted by Crippen LogP contribution is 2.43. The van der Waals surface area contributed by atoms with Crippen LogP contribution in [0.25, 0.3) is 87.2 Å². The molecule has 212 valence electrons. The molecule has 0 aliphatic rings. The van der Waals surface area contributed by atoms with Gasteiger partial charge in [-0.1, -0.05) is 140 Å². The first-order valence-electron chi connectivity index (χ1n) is 15.7. The normalized spacial score (nSPS) is 11.5. The molecule has 9 aromatic carbocycles. The summed E-state index contributed by atoms with van der Waals surface area (Å²) in [6, 6.07) is 60.9. The van der Waals surface area contributed by atoms with Gasteiger partial charge in [0.15, 0.2) is 0 Å². The van der Waals surface area contributed by atoms with E-state index in [1.165, 1.54) is 59.4 Å². The van der Waals surface area contributed by atoms with Gasteiger partial charge in [-0.25, -0.2) is 0 Å². The molecule has 0 saturated carbocycles. The van der Waals surface area contributed by atoms with Crippen LogP contribution < -0.4 is 0 Å². The predicted octanol–water partition coefficient (Wildman–Crippen LogP) is 12.3. The maximum atomic E-state index is 10.2. The van der Waals surface area contributed by atoms with Gasteiger partial charge in [-0.15, -0.1) is 0 Å². The van der Waals surface area contributed by atoms with Crippen LogP contribution in [0.2, 0.25) is 0 Å². The van der Waals surface area contributed by atoms with Gasteiger partial charge in [0.1, 0.15) is 0 Å². The lowest BCUT2D eigenvalue weighted by Gasteiger charge is -2.16. The molecule has 0 aromatic heterocycles. The molecule has 0 atom stereocenters. The van der Waals surface area contributed by atoms with E-state index in [1.807, 2.05) is 6.07 Å². The molecular formula is C45H27N. The van der Waals surface area contributed by atoms with Crippen molar-refractivity contribution in [2.45, 2.75) is 0 Å². The van der Waals surface area contributed by atoms with E-state index < -0.39 is 0 Å². The fraction of sp³-hybridized carbons (Fsp3) is 0. The fourth-order valence-corrected chi connectivity index (χ4v) is 7.30. The van der Waals surface area contributed by atoms with Gasteiger partial charge in [-0.2, -0.15) is 5.26 Å². The highest BCUT2D eigenvalue weighted by molar-refractivity contribution is 6.33. The molecule has 0 radical (unpaired) electrons. The second-order valence-corrected chi connectivity index (χ2v) is 12.0. The van der Waals surface area contributed by atoms with E-state index in [1.54, 1.807) is 0 Å². The van der Waals surface area contributed by atoms with E-state index in [-0.39, 0.29) is 0 Å². The Labute approximate surface area is 267 Å². The van der Waals surface area contributed by atoms with E-state index in [0.29, 0.717) is 5.56 Å². The maximum absolute atomic E-state index is 10.2. The van der Waals surface area contributed by atoms with Crippen LogP contribution in [0.15, 0.2) is 164 Å². The van der Waals surface area contributed by atoms with Crippen LogP contribution in [0, 0.1) is 11.3 Å². The number of fused-ring (bicyclic) bond motifs is 9. The molecule has 0 saturated heterocycles. The Hall–Kier alpha value is -6.23. The monoisotopic (exact) mass is 581 g/mol. The van der Waals surface area contributed by atoms with Crippen molar-refractivity contribution in [3.63, 3.8) is 0 Å². The molecule has 9 rings (SSSR count). The van der Waals surface area contributed by atoms with Gasteiger partial charge in [-0.05, 0) is 112 Å². The lowest BCUT2D eigenvalue weighted by molar-refractivity contribution is 1.48. The third-order valence-electron chi connectivity index (χ3n) is 9.46. The summed E-state index contributed by atoms with van der Waals surface area (Å²) in [6.07, 6.45) is 0. The third kappa shape index (κ3) is 4.09. The summed E-state index contributed by atoms with van der Waals surface area (Å²) in [5.74, 6) is 0. The first-order chi connectivity index (χ1) is 22.8. The van der Waals surface area contributed by atoms with E-state index >= 15 is 0 Å². The minimum atomic E-state index is 0.674. The molecule has 0 heterocycles. The highest BCUT2D eigenvalue weighted by Gasteiger charge is 2.16. The smallest absolute Gasteiger partial charge is 0.0998 e. The molecular weight excluding hydrogens is 555 g/mol. The van der Waals surface area contributed by atoms with Crippen molar-refractivity contribution >= 4 is 53.9 Å². The Bertz CT molecular complexity index is 2710. The topological polar surface area (TPSA) is 23.8 Å². The summed E-state index contributed by atoms with van der Waals surface area (Å²) < 4.78 is 0. The van der Waals surface area contributed by atoms with Gasteiger partial charge >= 0.3 is 0 Å². The van der Waals surface area contributed by atoms with E-state index in [2.05, 4.69) is 164 Å². The first kappa shape index (κ1) is 26.2. The lowest BCUT2D eigenvalue weighted by Crippen LogP contribution is -1.90. The molecule has 1 heteroatoms. The van der Waals surface area contributed by atoms with Crippen LogP contribution in [0.4, 0.5) is 0 Å². The Morgan fingerprint density at radius 2 is 0.870 bits per heavy atom. The average Bonchev–Trinajstić information content (AvgIpc) is 3.14. The van der Waals surface area contributed by atoms with E-state index in [4.69, 9.17) is 0 Å². The second-order valence-electron chi connectivity index (χ2n) is 12.0. The molecule has 0 bridgehead atoms. The van der Waals surface area contributed by atoms with Gasteiger partial charge in [0.05, 0.1) is 11.6 Å². The summed E-state index contributed by atoms with van der Waals surface area (Å²) in [6.45, 7) is 0. The largest absolute Gasteiger partial charge is 0.192 e. The molecule has 0 aliphatic heterocycles. The van der Waals surface area contributed by atoms with Crippen molar-refractivity contribution < 1.29 is 0 Å². The van der Waals surface area contributed by atoms with Crippen molar-refractivity contribution in [1.82, 2.24) is 0 Å². The molecule has 0 spiro atoms. The minimum Gasteiger partial charge on any atom is -0.192 e. The standard InChI is InChI=1S/C45H27N/c46-28-35-26-32(22-23-36(35)34-21-20-29-10-1-2-11-30(29)24-34)31-12-9-13-33(25-31)43-27-44-39-16-4-3-14-37(39)38-15-5-7-18-41(38)45(44)42-19-8-6-17-40(42)43/h1-27H. The van der Waals surface area contributed by atoms with Gasteiger partial charge in [0, 0.05) is 0 Å². The Morgan fingerprint density at radius 3 is 1.63 bits per heavy atom. The van der Waals surface area contributed by atoms with Crippen LogP contribution in [0.3, 0.4) is 0 Å². The van der Waals surface area contributed by atoms with Crippen LogP contribution in [0.1, 0.15) is 5.56 Å². The van der Waals surface area contributed by atoms with Gasteiger partial charge in [-0.3, -0.25) is 0 Å². The first-order valence-corrected chi connectivity index (χ1v) is 15.7. The molecule has 0 amide bonds. The molecule has 46 heavy (non-hydrogen) atoms. The summed E-state index contributed by atoms with van der Waals surface area (Å²) in [7, 11) is 0. The fourth-order valence-electron chi connectivity index (χ4n) is 7.30. The number of hydrogen-bond donors (Lipinski definition) is 0. The van der Waals surface area contributed by atoms with Crippen molar-refractivity contribution in [3.8, 4) is 39.4 Å². The Morgan fingerprint density at radius 1 is 0.326 bits per heavy atom. The number of nitriles is 1. The third-order valence-corrected chi connectivity index (χ3v) is 9.46. The molecule has 0 aliphatic carbocycles. The zero-order valence-corrected chi connectivity index (χ0v) is 25.0. The zero-order chi connectivity index (χ0) is 30.6. The van der Waals surface area contributed by atoms with Crippen LogP contribution >= 0.6 is 0 Å². The van der Waals surface area contributed by atoms with Crippen molar-refractivity contribution in [1.29, 1.82) is 5.26 Å². The van der Waals surface area contributed by atoms with Gasteiger partial charge in [0.2, 0.25) is 0 Å². The average molecular weight is 582 g/mol. The molecule has 0 fully saturated rings. The summed E-state index contributed by atoms with van der Waals surface area (Å²) >= 11 is 0. The quantitative estimate of drug-likeness (QED) is 0.190. The molecule has 1 nitrogen and oxygen atoms in total. The lowest BCUT2D eigenvalue weighted by atomic mass is 9.87. The van der Waals surface area contributed by atoms with E-state index in [0.717, 1.165) is 27.8 Å². The maximum Gasteiger partial charge on any atom is 0.0998 e. The Balaban J connectivity index is 1.23. The molecule has 0 N–H and O–H groups in total. The SMILES string of the molecule is N#Cc1cc(-c2cccc(-c3cc4c5ccccc5c5ccccc5c4c4ccccc34)c2)ccc1-c1ccc2ccccc2c1. The van der Waals surface area contributed by atoms with Crippen LogP contribution in [0.5, 0.6) is 0 Å². The summed E-state index contributed by atoms with van der Waals surface area (Å²) in [5, 5.41) is 22.8. The number of hydrogen-bond acceptors (Lipinski definition) is 1. The van der Waals surface area contributed by atoms with Gasteiger partial charge < -0.3 is 0 Å².